The SMILES string of the molecule is Cc1ccccc1C(=O)N(C)Cc1cccnc1. The molecule has 1 amide bonds. The van der Waals surface area contributed by atoms with Crippen LogP contribution in [-0.4, -0.2) is 22.8 Å². The fourth-order valence-electron chi connectivity index (χ4n) is 1.86. The molecular formula is C15H16N2O. The van der Waals surface area contributed by atoms with E-state index in [-0.39, 0.29) is 5.91 Å². The van der Waals surface area contributed by atoms with Crippen LogP contribution in [-0.2, 0) is 6.54 Å². The maximum Gasteiger partial charge on any atom is 0.254 e. The lowest BCUT2D eigenvalue weighted by Crippen LogP contribution is -2.26. The van der Waals surface area contributed by atoms with Gasteiger partial charge in [-0.15, -0.1) is 0 Å². The Morgan fingerprint density at radius 1 is 1.22 bits per heavy atom. The molecule has 0 radical (unpaired) electrons. The van der Waals surface area contributed by atoms with Crippen molar-refractivity contribution in [2.24, 2.45) is 0 Å². The highest BCUT2D eigenvalue weighted by atomic mass is 16.2. The van der Waals surface area contributed by atoms with Crippen LogP contribution in [0.5, 0.6) is 0 Å². The fraction of sp³-hybridized carbons (Fsp3) is 0.200. The quantitative estimate of drug-likeness (QED) is 0.826. The molecule has 0 saturated heterocycles. The molecule has 0 saturated carbocycles. The van der Waals surface area contributed by atoms with E-state index in [0.717, 1.165) is 16.7 Å². The Hall–Kier alpha value is -2.16. The molecular weight excluding hydrogens is 224 g/mol. The molecule has 0 aliphatic heterocycles. The molecule has 18 heavy (non-hydrogen) atoms. The third kappa shape index (κ3) is 2.74. The van der Waals surface area contributed by atoms with Crippen LogP contribution in [0.4, 0.5) is 0 Å². The van der Waals surface area contributed by atoms with Crippen LogP contribution >= 0.6 is 0 Å². The van der Waals surface area contributed by atoms with Crippen LogP contribution in [0.1, 0.15) is 21.5 Å². The highest BCUT2D eigenvalue weighted by molar-refractivity contribution is 5.95. The van der Waals surface area contributed by atoms with Crippen molar-refractivity contribution in [1.29, 1.82) is 0 Å². The van der Waals surface area contributed by atoms with E-state index in [9.17, 15) is 4.79 Å². The molecule has 1 aromatic heterocycles. The number of amides is 1. The van der Waals surface area contributed by atoms with Gasteiger partial charge in [0.1, 0.15) is 0 Å². The van der Waals surface area contributed by atoms with Crippen LogP contribution in [0.3, 0.4) is 0 Å². The summed E-state index contributed by atoms with van der Waals surface area (Å²) < 4.78 is 0. The standard InChI is InChI=1S/C15H16N2O/c1-12-6-3-4-8-14(12)15(18)17(2)11-13-7-5-9-16-10-13/h3-10H,11H2,1-2H3. The first-order valence-electron chi connectivity index (χ1n) is 5.88. The molecule has 0 spiro atoms. The molecule has 2 rings (SSSR count). The highest BCUT2D eigenvalue weighted by Gasteiger charge is 2.13. The molecule has 1 heterocycles. The van der Waals surface area contributed by atoms with Gasteiger partial charge in [0, 0.05) is 31.5 Å². The van der Waals surface area contributed by atoms with E-state index in [1.807, 2.05) is 50.4 Å². The van der Waals surface area contributed by atoms with Gasteiger partial charge in [0.2, 0.25) is 0 Å². The van der Waals surface area contributed by atoms with E-state index in [0.29, 0.717) is 6.54 Å². The van der Waals surface area contributed by atoms with Crippen LogP contribution in [0.25, 0.3) is 0 Å². The van der Waals surface area contributed by atoms with Gasteiger partial charge < -0.3 is 4.90 Å². The van der Waals surface area contributed by atoms with Crippen molar-refractivity contribution in [2.75, 3.05) is 7.05 Å². The zero-order chi connectivity index (χ0) is 13.0. The van der Waals surface area contributed by atoms with Gasteiger partial charge in [0.25, 0.3) is 5.91 Å². The molecule has 0 N–H and O–H groups in total. The van der Waals surface area contributed by atoms with Gasteiger partial charge in [0.05, 0.1) is 0 Å². The third-order valence-electron chi connectivity index (χ3n) is 2.86. The first-order chi connectivity index (χ1) is 8.68. The molecule has 0 aliphatic rings. The predicted molar refractivity (Wildman–Crippen MR) is 71.2 cm³/mol. The number of aryl methyl sites for hydroxylation is 1. The van der Waals surface area contributed by atoms with Crippen molar-refractivity contribution >= 4 is 5.91 Å². The lowest BCUT2D eigenvalue weighted by Gasteiger charge is -2.18. The number of benzene rings is 1. The Morgan fingerprint density at radius 3 is 2.67 bits per heavy atom. The maximum atomic E-state index is 12.3. The first kappa shape index (κ1) is 12.3. The summed E-state index contributed by atoms with van der Waals surface area (Å²) in [5, 5.41) is 0. The summed E-state index contributed by atoms with van der Waals surface area (Å²) in [6, 6.07) is 11.5. The molecule has 0 unspecified atom stereocenters. The van der Waals surface area contributed by atoms with Gasteiger partial charge in [-0.3, -0.25) is 9.78 Å². The molecule has 0 aliphatic carbocycles. The number of hydrogen-bond acceptors (Lipinski definition) is 2. The average molecular weight is 240 g/mol. The van der Waals surface area contributed by atoms with Crippen LogP contribution in [0, 0.1) is 6.92 Å². The van der Waals surface area contributed by atoms with Crippen LogP contribution < -0.4 is 0 Å². The minimum absolute atomic E-state index is 0.0388. The summed E-state index contributed by atoms with van der Waals surface area (Å²) >= 11 is 0. The Morgan fingerprint density at radius 2 is 2.00 bits per heavy atom. The number of carbonyl (C=O) groups is 1. The van der Waals surface area contributed by atoms with E-state index >= 15 is 0 Å². The molecule has 2 aromatic rings. The zero-order valence-electron chi connectivity index (χ0n) is 10.6. The summed E-state index contributed by atoms with van der Waals surface area (Å²) in [7, 11) is 1.81. The van der Waals surface area contributed by atoms with E-state index < -0.39 is 0 Å². The Kier molecular flexibility index (Phi) is 3.72. The van der Waals surface area contributed by atoms with Gasteiger partial charge in [-0.25, -0.2) is 0 Å². The molecule has 1 aromatic carbocycles. The largest absolute Gasteiger partial charge is 0.337 e. The predicted octanol–water partition coefficient (Wildman–Crippen LogP) is 2.66. The smallest absolute Gasteiger partial charge is 0.254 e. The second-order valence-electron chi connectivity index (χ2n) is 4.34. The van der Waals surface area contributed by atoms with Crippen molar-refractivity contribution in [3.63, 3.8) is 0 Å². The molecule has 0 atom stereocenters. The first-order valence-corrected chi connectivity index (χ1v) is 5.88. The van der Waals surface area contributed by atoms with Crippen molar-refractivity contribution in [3.05, 3.63) is 65.5 Å². The fourth-order valence-corrected chi connectivity index (χ4v) is 1.86. The Balaban J connectivity index is 2.13. The topological polar surface area (TPSA) is 33.2 Å². The number of rotatable bonds is 3. The minimum Gasteiger partial charge on any atom is -0.337 e. The number of nitrogens with zero attached hydrogens (tertiary/aromatic N) is 2. The molecule has 3 nitrogen and oxygen atoms in total. The number of aromatic nitrogens is 1. The molecule has 3 heteroatoms. The number of hydrogen-bond donors (Lipinski definition) is 0. The monoisotopic (exact) mass is 240 g/mol. The Labute approximate surface area is 107 Å². The van der Waals surface area contributed by atoms with Crippen LogP contribution in [0.2, 0.25) is 0 Å². The maximum absolute atomic E-state index is 12.3. The lowest BCUT2D eigenvalue weighted by atomic mass is 10.1. The van der Waals surface area contributed by atoms with E-state index in [2.05, 4.69) is 4.98 Å². The summed E-state index contributed by atoms with van der Waals surface area (Å²) in [6.07, 6.45) is 3.51. The van der Waals surface area contributed by atoms with Gasteiger partial charge in [-0.1, -0.05) is 24.3 Å². The molecule has 92 valence electrons. The number of pyridine rings is 1. The van der Waals surface area contributed by atoms with Gasteiger partial charge in [-0.05, 0) is 30.2 Å². The van der Waals surface area contributed by atoms with Gasteiger partial charge in [-0.2, -0.15) is 0 Å². The number of carbonyl (C=O) groups excluding carboxylic acids is 1. The van der Waals surface area contributed by atoms with Crippen LogP contribution in [0.15, 0.2) is 48.8 Å². The van der Waals surface area contributed by atoms with Crippen molar-refractivity contribution < 1.29 is 4.79 Å². The second-order valence-corrected chi connectivity index (χ2v) is 4.34. The summed E-state index contributed by atoms with van der Waals surface area (Å²) in [5.74, 6) is 0.0388. The second kappa shape index (κ2) is 5.45. The summed E-state index contributed by atoms with van der Waals surface area (Å²) in [4.78, 5) is 18.0. The zero-order valence-corrected chi connectivity index (χ0v) is 10.6. The highest BCUT2D eigenvalue weighted by Crippen LogP contribution is 2.11. The minimum atomic E-state index is 0.0388. The molecule has 0 fully saturated rings. The molecule has 0 bridgehead atoms. The van der Waals surface area contributed by atoms with E-state index in [4.69, 9.17) is 0 Å². The van der Waals surface area contributed by atoms with E-state index in [1.165, 1.54) is 0 Å². The normalized spacial score (nSPS) is 10.1. The summed E-state index contributed by atoms with van der Waals surface area (Å²) in [6.45, 7) is 2.52. The van der Waals surface area contributed by atoms with E-state index in [1.54, 1.807) is 17.3 Å². The third-order valence-corrected chi connectivity index (χ3v) is 2.86. The summed E-state index contributed by atoms with van der Waals surface area (Å²) in [5.41, 5.74) is 2.78. The lowest BCUT2D eigenvalue weighted by molar-refractivity contribution is 0.0784. The van der Waals surface area contributed by atoms with Crippen molar-refractivity contribution in [2.45, 2.75) is 13.5 Å². The van der Waals surface area contributed by atoms with Crippen molar-refractivity contribution in [1.82, 2.24) is 9.88 Å². The van der Waals surface area contributed by atoms with Gasteiger partial charge >= 0.3 is 0 Å². The van der Waals surface area contributed by atoms with Gasteiger partial charge in [0.15, 0.2) is 0 Å². The van der Waals surface area contributed by atoms with Crippen molar-refractivity contribution in [3.8, 4) is 0 Å². The average Bonchev–Trinajstić information content (AvgIpc) is 2.39. The Bertz CT molecular complexity index is 537.